The third-order valence-electron chi connectivity index (χ3n) is 5.62. The van der Waals surface area contributed by atoms with Gasteiger partial charge in [0.05, 0.1) is 21.3 Å². The van der Waals surface area contributed by atoms with Crippen LogP contribution in [-0.2, 0) is 4.79 Å². The SMILES string of the molecule is O=C(Nc1ccc(SCC(=O)c2ccccc2Cl)cc1)/C(=C/c1ccccc1[N+](=O)[O-])NC(=O)c1ccccc1. The van der Waals surface area contributed by atoms with Crippen LogP contribution in [0.25, 0.3) is 6.08 Å². The second-order valence-electron chi connectivity index (χ2n) is 8.36. The number of thioether (sulfide) groups is 1. The van der Waals surface area contributed by atoms with Gasteiger partial charge in [0, 0.05) is 27.8 Å². The number of anilines is 1. The molecule has 0 aliphatic rings. The van der Waals surface area contributed by atoms with Crippen molar-refractivity contribution in [2.75, 3.05) is 11.1 Å². The lowest BCUT2D eigenvalue weighted by Gasteiger charge is -2.12. The molecule has 4 aromatic carbocycles. The zero-order valence-corrected chi connectivity index (χ0v) is 22.4. The molecule has 0 atom stereocenters. The number of amides is 2. The summed E-state index contributed by atoms with van der Waals surface area (Å²) < 4.78 is 0. The number of nitrogens with zero attached hydrogens (tertiary/aromatic N) is 1. The monoisotopic (exact) mass is 571 g/mol. The fraction of sp³-hybridized carbons (Fsp3) is 0.0333. The largest absolute Gasteiger partial charge is 0.321 e. The van der Waals surface area contributed by atoms with Gasteiger partial charge in [-0.1, -0.05) is 54.1 Å². The van der Waals surface area contributed by atoms with Crippen LogP contribution in [0.3, 0.4) is 0 Å². The highest BCUT2D eigenvalue weighted by atomic mass is 35.5. The van der Waals surface area contributed by atoms with E-state index < -0.39 is 16.7 Å². The van der Waals surface area contributed by atoms with Crippen LogP contribution in [0, 0.1) is 10.1 Å². The molecule has 10 heteroatoms. The lowest BCUT2D eigenvalue weighted by atomic mass is 10.1. The average Bonchev–Trinajstić information content (AvgIpc) is 2.97. The van der Waals surface area contributed by atoms with Gasteiger partial charge >= 0.3 is 0 Å². The summed E-state index contributed by atoms with van der Waals surface area (Å²) in [5.41, 5.74) is 0.962. The molecule has 0 fully saturated rings. The zero-order chi connectivity index (χ0) is 28.5. The van der Waals surface area contributed by atoms with E-state index in [9.17, 15) is 24.5 Å². The van der Waals surface area contributed by atoms with Crippen LogP contribution in [0.1, 0.15) is 26.3 Å². The molecule has 0 heterocycles. The summed E-state index contributed by atoms with van der Waals surface area (Å²) in [5.74, 6) is -1.14. The Kier molecular flexibility index (Phi) is 9.45. The normalized spacial score (nSPS) is 11.0. The van der Waals surface area contributed by atoms with Gasteiger partial charge in [0.15, 0.2) is 5.78 Å². The van der Waals surface area contributed by atoms with E-state index in [0.29, 0.717) is 21.8 Å². The number of para-hydroxylation sites is 1. The highest BCUT2D eigenvalue weighted by Crippen LogP contribution is 2.25. The fourth-order valence-corrected chi connectivity index (χ4v) is 4.64. The van der Waals surface area contributed by atoms with E-state index in [1.165, 1.54) is 36.0 Å². The number of hydrogen-bond donors (Lipinski definition) is 2. The number of ketones is 1. The van der Waals surface area contributed by atoms with Crippen LogP contribution < -0.4 is 10.6 Å². The van der Waals surface area contributed by atoms with Crippen molar-refractivity contribution in [3.63, 3.8) is 0 Å². The van der Waals surface area contributed by atoms with E-state index in [4.69, 9.17) is 11.6 Å². The minimum absolute atomic E-state index is 0.105. The predicted octanol–water partition coefficient (Wildman–Crippen LogP) is 6.63. The molecule has 200 valence electrons. The fourth-order valence-electron chi connectivity index (χ4n) is 3.62. The van der Waals surface area contributed by atoms with Gasteiger partial charge in [-0.3, -0.25) is 24.5 Å². The smallest absolute Gasteiger partial charge is 0.276 e. The Morgan fingerprint density at radius 3 is 2.20 bits per heavy atom. The maximum atomic E-state index is 13.2. The Morgan fingerprint density at radius 2 is 1.50 bits per heavy atom. The quantitative estimate of drug-likeness (QED) is 0.0724. The van der Waals surface area contributed by atoms with Gasteiger partial charge in [-0.25, -0.2) is 0 Å². The van der Waals surface area contributed by atoms with Crippen molar-refractivity contribution < 1.29 is 19.3 Å². The third kappa shape index (κ3) is 7.43. The Hall–Kier alpha value is -4.73. The van der Waals surface area contributed by atoms with Crippen LogP contribution in [0.15, 0.2) is 114 Å². The van der Waals surface area contributed by atoms with Gasteiger partial charge in [-0.05, 0) is 60.7 Å². The van der Waals surface area contributed by atoms with E-state index in [-0.39, 0.29) is 28.5 Å². The number of carbonyl (C=O) groups excluding carboxylic acids is 3. The second-order valence-corrected chi connectivity index (χ2v) is 9.82. The average molecular weight is 572 g/mol. The van der Waals surface area contributed by atoms with Crippen molar-refractivity contribution >= 4 is 58.4 Å². The minimum Gasteiger partial charge on any atom is -0.321 e. The first-order valence-electron chi connectivity index (χ1n) is 12.0. The summed E-state index contributed by atoms with van der Waals surface area (Å²) in [6.45, 7) is 0. The van der Waals surface area contributed by atoms with Crippen molar-refractivity contribution in [3.8, 4) is 0 Å². The Labute approximate surface area is 239 Å². The number of halogens is 1. The number of carbonyl (C=O) groups is 3. The highest BCUT2D eigenvalue weighted by Gasteiger charge is 2.18. The number of nitro groups is 1. The molecule has 4 aromatic rings. The van der Waals surface area contributed by atoms with E-state index in [0.717, 1.165) is 4.90 Å². The van der Waals surface area contributed by atoms with Crippen LogP contribution >= 0.6 is 23.4 Å². The maximum Gasteiger partial charge on any atom is 0.276 e. The summed E-state index contributed by atoms with van der Waals surface area (Å²) in [6, 6.07) is 27.8. The Bertz CT molecular complexity index is 1590. The number of hydrogen-bond acceptors (Lipinski definition) is 6. The molecule has 4 rings (SSSR count). The molecular formula is C30H22ClN3O5S. The second kappa shape index (κ2) is 13.4. The molecule has 0 spiro atoms. The molecule has 0 saturated carbocycles. The lowest BCUT2D eigenvalue weighted by Crippen LogP contribution is -2.30. The first-order chi connectivity index (χ1) is 19.3. The van der Waals surface area contributed by atoms with Gasteiger partial charge in [0.25, 0.3) is 17.5 Å². The van der Waals surface area contributed by atoms with Crippen molar-refractivity contribution in [2.24, 2.45) is 0 Å². The Balaban J connectivity index is 1.50. The summed E-state index contributed by atoms with van der Waals surface area (Å²) in [6.07, 6.45) is 1.26. The third-order valence-corrected chi connectivity index (χ3v) is 6.96. The molecule has 0 aliphatic carbocycles. The molecule has 0 unspecified atom stereocenters. The number of nitrogens with one attached hydrogen (secondary N) is 2. The van der Waals surface area contributed by atoms with Crippen LogP contribution in [0.4, 0.5) is 11.4 Å². The molecule has 0 radical (unpaired) electrons. The van der Waals surface area contributed by atoms with Gasteiger partial charge in [-0.2, -0.15) is 0 Å². The van der Waals surface area contributed by atoms with Crippen LogP contribution in [-0.4, -0.2) is 28.3 Å². The van der Waals surface area contributed by atoms with E-state index >= 15 is 0 Å². The predicted molar refractivity (Wildman–Crippen MR) is 157 cm³/mol. The van der Waals surface area contributed by atoms with E-state index in [1.54, 1.807) is 84.9 Å². The van der Waals surface area contributed by atoms with Gasteiger partial charge in [0.1, 0.15) is 5.70 Å². The van der Waals surface area contributed by atoms with Crippen molar-refractivity contribution in [1.82, 2.24) is 5.32 Å². The molecule has 0 saturated heterocycles. The molecular weight excluding hydrogens is 550 g/mol. The maximum absolute atomic E-state index is 13.2. The highest BCUT2D eigenvalue weighted by molar-refractivity contribution is 8.00. The molecule has 2 amide bonds. The zero-order valence-electron chi connectivity index (χ0n) is 20.9. The molecule has 2 N–H and O–H groups in total. The summed E-state index contributed by atoms with van der Waals surface area (Å²) >= 11 is 7.43. The standard InChI is InChI=1S/C30H22ClN3O5S/c31-25-12-6-5-11-24(25)28(35)19-40-23-16-14-22(15-17-23)32-30(37)26(33-29(36)20-8-2-1-3-9-20)18-21-10-4-7-13-27(21)34(38)39/h1-18H,19H2,(H,32,37)(H,33,36)/b26-18-. The molecule has 0 bridgehead atoms. The van der Waals surface area contributed by atoms with Crippen molar-refractivity contribution in [1.29, 1.82) is 0 Å². The molecule has 8 nitrogen and oxygen atoms in total. The summed E-state index contributed by atoms with van der Waals surface area (Å²) in [7, 11) is 0. The lowest BCUT2D eigenvalue weighted by molar-refractivity contribution is -0.385. The molecule has 0 aromatic heterocycles. The van der Waals surface area contributed by atoms with Gasteiger partial charge in [-0.15, -0.1) is 11.8 Å². The van der Waals surface area contributed by atoms with Crippen LogP contribution in [0.2, 0.25) is 5.02 Å². The Morgan fingerprint density at radius 1 is 0.850 bits per heavy atom. The summed E-state index contributed by atoms with van der Waals surface area (Å²) in [4.78, 5) is 50.3. The topological polar surface area (TPSA) is 118 Å². The number of nitro benzene ring substituents is 1. The summed E-state index contributed by atoms with van der Waals surface area (Å²) in [5, 5.41) is 17.2. The van der Waals surface area contributed by atoms with E-state index in [2.05, 4.69) is 10.6 Å². The first kappa shape index (κ1) is 28.3. The number of Topliss-reactive ketones (excluding diaryl/α,β-unsaturated/α-hetero) is 1. The van der Waals surface area contributed by atoms with Crippen LogP contribution in [0.5, 0.6) is 0 Å². The van der Waals surface area contributed by atoms with E-state index in [1.807, 2.05) is 0 Å². The molecule has 0 aliphatic heterocycles. The number of benzene rings is 4. The van der Waals surface area contributed by atoms with Gasteiger partial charge in [0.2, 0.25) is 0 Å². The molecule has 40 heavy (non-hydrogen) atoms. The van der Waals surface area contributed by atoms with Gasteiger partial charge < -0.3 is 10.6 Å². The number of rotatable bonds is 10. The first-order valence-corrected chi connectivity index (χ1v) is 13.3. The minimum atomic E-state index is -0.670. The van der Waals surface area contributed by atoms with Crippen molar-refractivity contribution in [2.45, 2.75) is 4.90 Å². The van der Waals surface area contributed by atoms with Crippen molar-refractivity contribution in [3.05, 3.63) is 141 Å².